The number of rotatable bonds is 7. The number of hydrogen-bond acceptors (Lipinski definition) is 5. The Balaban J connectivity index is 1.56. The molecule has 32 heavy (non-hydrogen) atoms. The van der Waals surface area contributed by atoms with Crippen molar-refractivity contribution in [1.29, 1.82) is 0 Å². The standard InChI is InChI=1S/C26H31N3O3/c1-28(2)25(30)26(17-23-16-24(27-32-23)21-10-5-4-6-11-21)13-8-14-29(19-26)18-20-9-7-12-22(15-20)31-3/h4-7,9-12,15-16H,8,13-14,17-19H2,1-3H3. The van der Waals surface area contributed by atoms with E-state index in [1.807, 2.05) is 62.6 Å². The van der Waals surface area contributed by atoms with E-state index in [9.17, 15) is 4.79 Å². The normalized spacial score (nSPS) is 19.0. The lowest BCUT2D eigenvalue weighted by molar-refractivity contribution is -0.143. The summed E-state index contributed by atoms with van der Waals surface area (Å²) in [5.41, 5.74) is 2.47. The number of ether oxygens (including phenoxy) is 1. The Morgan fingerprint density at radius 1 is 1.16 bits per heavy atom. The van der Waals surface area contributed by atoms with Crippen molar-refractivity contribution in [2.45, 2.75) is 25.8 Å². The molecule has 1 atom stereocenters. The zero-order chi connectivity index (χ0) is 22.6. The van der Waals surface area contributed by atoms with Crippen molar-refractivity contribution in [3.8, 4) is 17.0 Å². The maximum absolute atomic E-state index is 13.4. The van der Waals surface area contributed by atoms with Gasteiger partial charge in [0.05, 0.1) is 12.5 Å². The van der Waals surface area contributed by atoms with Crippen molar-refractivity contribution in [3.63, 3.8) is 0 Å². The summed E-state index contributed by atoms with van der Waals surface area (Å²) in [7, 11) is 5.35. The number of carbonyl (C=O) groups is 1. The van der Waals surface area contributed by atoms with Gasteiger partial charge < -0.3 is 14.2 Å². The molecule has 6 nitrogen and oxygen atoms in total. The van der Waals surface area contributed by atoms with Gasteiger partial charge in [-0.25, -0.2) is 0 Å². The van der Waals surface area contributed by atoms with Crippen molar-refractivity contribution < 1.29 is 14.1 Å². The molecule has 1 fully saturated rings. The minimum Gasteiger partial charge on any atom is -0.497 e. The molecular formula is C26H31N3O3. The zero-order valence-corrected chi connectivity index (χ0v) is 19.1. The lowest BCUT2D eigenvalue weighted by Crippen LogP contribution is -2.52. The first-order chi connectivity index (χ1) is 15.5. The first kappa shape index (κ1) is 22.1. The summed E-state index contributed by atoms with van der Waals surface area (Å²) in [5.74, 6) is 1.75. The summed E-state index contributed by atoms with van der Waals surface area (Å²) in [6.07, 6.45) is 2.34. The highest BCUT2D eigenvalue weighted by atomic mass is 16.5. The van der Waals surface area contributed by atoms with Crippen LogP contribution in [0.1, 0.15) is 24.2 Å². The molecular weight excluding hydrogens is 402 g/mol. The summed E-state index contributed by atoms with van der Waals surface area (Å²) in [4.78, 5) is 17.5. The van der Waals surface area contributed by atoms with Gasteiger partial charge in [0.25, 0.3) is 0 Å². The molecule has 2 aromatic carbocycles. The molecule has 6 heteroatoms. The van der Waals surface area contributed by atoms with Gasteiger partial charge in [-0.1, -0.05) is 47.6 Å². The van der Waals surface area contributed by atoms with Crippen LogP contribution in [-0.4, -0.2) is 55.2 Å². The molecule has 4 rings (SSSR count). The molecule has 1 aromatic heterocycles. The minimum absolute atomic E-state index is 0.144. The fourth-order valence-electron chi connectivity index (χ4n) is 4.73. The summed E-state index contributed by atoms with van der Waals surface area (Å²) in [6, 6.07) is 20.1. The average molecular weight is 434 g/mol. The highest BCUT2D eigenvalue weighted by Gasteiger charge is 2.44. The Kier molecular flexibility index (Phi) is 6.61. The Morgan fingerprint density at radius 2 is 1.97 bits per heavy atom. The third-order valence-electron chi connectivity index (χ3n) is 6.20. The van der Waals surface area contributed by atoms with Crippen molar-refractivity contribution in [2.24, 2.45) is 5.41 Å². The highest BCUT2D eigenvalue weighted by molar-refractivity contribution is 5.83. The number of amides is 1. The van der Waals surface area contributed by atoms with E-state index in [1.165, 1.54) is 5.56 Å². The summed E-state index contributed by atoms with van der Waals surface area (Å²) >= 11 is 0. The van der Waals surface area contributed by atoms with Crippen LogP contribution in [0.5, 0.6) is 5.75 Å². The Bertz CT molecular complexity index is 1050. The van der Waals surface area contributed by atoms with E-state index < -0.39 is 5.41 Å². The van der Waals surface area contributed by atoms with Crippen LogP contribution in [0.4, 0.5) is 0 Å². The van der Waals surface area contributed by atoms with E-state index in [2.05, 4.69) is 22.2 Å². The van der Waals surface area contributed by atoms with Crippen LogP contribution in [0.25, 0.3) is 11.3 Å². The third kappa shape index (κ3) is 4.86. The number of hydrogen-bond donors (Lipinski definition) is 0. The Hall–Kier alpha value is -3.12. The third-order valence-corrected chi connectivity index (χ3v) is 6.20. The second-order valence-corrected chi connectivity index (χ2v) is 8.87. The monoisotopic (exact) mass is 433 g/mol. The molecule has 1 unspecified atom stereocenters. The predicted molar refractivity (Wildman–Crippen MR) is 124 cm³/mol. The SMILES string of the molecule is COc1cccc(CN2CCCC(Cc3cc(-c4ccccc4)no3)(C(=O)N(C)C)C2)c1. The smallest absolute Gasteiger partial charge is 0.230 e. The predicted octanol–water partition coefficient (Wildman–Crippen LogP) is 4.26. The van der Waals surface area contributed by atoms with Crippen LogP contribution in [0.15, 0.2) is 65.2 Å². The van der Waals surface area contributed by atoms with Gasteiger partial charge >= 0.3 is 0 Å². The Labute approximate surface area is 189 Å². The van der Waals surface area contributed by atoms with E-state index in [0.29, 0.717) is 13.0 Å². The minimum atomic E-state index is -0.534. The number of likely N-dealkylation sites (tertiary alicyclic amines) is 1. The largest absolute Gasteiger partial charge is 0.497 e. The molecule has 0 aliphatic carbocycles. The molecule has 1 saturated heterocycles. The number of aromatic nitrogens is 1. The molecule has 3 aromatic rings. The second-order valence-electron chi connectivity index (χ2n) is 8.87. The first-order valence-electron chi connectivity index (χ1n) is 11.1. The summed E-state index contributed by atoms with van der Waals surface area (Å²) < 4.78 is 11.1. The van der Waals surface area contributed by atoms with E-state index >= 15 is 0 Å². The number of carbonyl (C=O) groups excluding carboxylic acids is 1. The second kappa shape index (κ2) is 9.57. The van der Waals surface area contributed by atoms with E-state index in [0.717, 1.165) is 48.7 Å². The molecule has 0 radical (unpaired) electrons. The van der Waals surface area contributed by atoms with Crippen molar-refractivity contribution in [2.75, 3.05) is 34.3 Å². The average Bonchev–Trinajstić information content (AvgIpc) is 3.27. The van der Waals surface area contributed by atoms with E-state index in [-0.39, 0.29) is 5.91 Å². The lowest BCUT2D eigenvalue weighted by atomic mass is 9.75. The zero-order valence-electron chi connectivity index (χ0n) is 19.1. The fourth-order valence-corrected chi connectivity index (χ4v) is 4.73. The van der Waals surface area contributed by atoms with Gasteiger partial charge in [-0.2, -0.15) is 0 Å². The summed E-state index contributed by atoms with van der Waals surface area (Å²) in [6.45, 7) is 2.43. The van der Waals surface area contributed by atoms with Crippen LogP contribution in [0.2, 0.25) is 0 Å². The van der Waals surface area contributed by atoms with E-state index in [1.54, 1.807) is 12.0 Å². The van der Waals surface area contributed by atoms with Crippen molar-refractivity contribution in [3.05, 3.63) is 72.0 Å². The van der Waals surface area contributed by atoms with Gasteiger partial charge in [0.15, 0.2) is 0 Å². The van der Waals surface area contributed by atoms with Gasteiger partial charge in [0.2, 0.25) is 5.91 Å². The van der Waals surface area contributed by atoms with Crippen LogP contribution in [0, 0.1) is 5.41 Å². The van der Waals surface area contributed by atoms with Gasteiger partial charge in [-0.05, 0) is 37.1 Å². The topological polar surface area (TPSA) is 58.8 Å². The van der Waals surface area contributed by atoms with Gasteiger partial charge in [-0.3, -0.25) is 9.69 Å². The molecule has 0 saturated carbocycles. The van der Waals surface area contributed by atoms with Gasteiger partial charge in [0, 0.05) is 45.2 Å². The molecule has 0 bridgehead atoms. The van der Waals surface area contributed by atoms with Crippen LogP contribution in [-0.2, 0) is 17.8 Å². The number of piperidine rings is 1. The molecule has 0 N–H and O–H groups in total. The molecule has 1 amide bonds. The maximum Gasteiger partial charge on any atom is 0.230 e. The van der Waals surface area contributed by atoms with Crippen LogP contribution in [0.3, 0.4) is 0 Å². The molecule has 0 spiro atoms. The number of nitrogens with zero attached hydrogens (tertiary/aromatic N) is 3. The number of benzene rings is 2. The van der Waals surface area contributed by atoms with Gasteiger partial charge in [-0.15, -0.1) is 0 Å². The van der Waals surface area contributed by atoms with Gasteiger partial charge in [0.1, 0.15) is 17.2 Å². The first-order valence-corrected chi connectivity index (χ1v) is 11.1. The Morgan fingerprint density at radius 3 is 2.72 bits per heavy atom. The maximum atomic E-state index is 13.4. The molecule has 168 valence electrons. The van der Waals surface area contributed by atoms with Crippen molar-refractivity contribution in [1.82, 2.24) is 15.0 Å². The molecule has 1 aliphatic heterocycles. The highest BCUT2D eigenvalue weighted by Crippen LogP contribution is 2.37. The lowest BCUT2D eigenvalue weighted by Gasteiger charge is -2.42. The molecule has 1 aliphatic rings. The quantitative estimate of drug-likeness (QED) is 0.557. The molecule has 2 heterocycles. The van der Waals surface area contributed by atoms with Crippen LogP contribution < -0.4 is 4.74 Å². The summed E-state index contributed by atoms with van der Waals surface area (Å²) in [5, 5.41) is 4.27. The number of methoxy groups -OCH3 is 1. The van der Waals surface area contributed by atoms with Crippen molar-refractivity contribution >= 4 is 5.91 Å². The fraction of sp³-hybridized carbons (Fsp3) is 0.385. The van der Waals surface area contributed by atoms with Crippen LogP contribution >= 0.6 is 0 Å². The van der Waals surface area contributed by atoms with E-state index in [4.69, 9.17) is 9.26 Å².